The van der Waals surface area contributed by atoms with Gasteiger partial charge in [-0.3, -0.25) is 9.59 Å². The maximum atomic E-state index is 13.0. The lowest BCUT2D eigenvalue weighted by molar-refractivity contribution is -0.151. The topological polar surface area (TPSA) is 109 Å². The summed E-state index contributed by atoms with van der Waals surface area (Å²) in [5, 5.41) is 4.08. The van der Waals surface area contributed by atoms with Crippen LogP contribution in [0.2, 0.25) is 0 Å². The minimum Gasteiger partial charge on any atom is -0.466 e. The molecular weight excluding hydrogens is 428 g/mol. The number of fused-ring (bicyclic) bond motifs is 1. The van der Waals surface area contributed by atoms with E-state index < -0.39 is 0 Å². The van der Waals surface area contributed by atoms with Crippen molar-refractivity contribution in [1.82, 2.24) is 19.6 Å². The zero-order chi connectivity index (χ0) is 22.8. The quantitative estimate of drug-likeness (QED) is 0.525. The standard InChI is InChI=1S/C23H24N4O6/c1-2-30-23(29)16-5-3-10-27(12-16)20(28)13-26-9-4-6-17(26)22-24-21(25-33-22)15-7-8-18-19(11-15)32-14-31-18/h4,6-9,11,16H,2-3,5,10,12-14H2,1H3. The molecule has 172 valence electrons. The Morgan fingerprint density at radius 2 is 2.09 bits per heavy atom. The van der Waals surface area contributed by atoms with E-state index in [1.807, 2.05) is 18.2 Å². The summed E-state index contributed by atoms with van der Waals surface area (Å²) < 4.78 is 23.1. The molecule has 0 N–H and O–H groups in total. The highest BCUT2D eigenvalue weighted by Crippen LogP contribution is 2.35. The molecule has 0 bridgehead atoms. The molecule has 1 aromatic carbocycles. The number of likely N-dealkylation sites (tertiary alicyclic amines) is 1. The van der Waals surface area contributed by atoms with Crippen LogP contribution in [0.15, 0.2) is 41.1 Å². The first-order chi connectivity index (χ1) is 16.1. The second-order valence-corrected chi connectivity index (χ2v) is 7.94. The lowest BCUT2D eigenvalue weighted by Gasteiger charge is -2.31. The smallest absolute Gasteiger partial charge is 0.310 e. The minimum absolute atomic E-state index is 0.0723. The van der Waals surface area contributed by atoms with E-state index in [1.54, 1.807) is 34.7 Å². The molecule has 4 heterocycles. The van der Waals surface area contributed by atoms with Crippen LogP contribution in [0.25, 0.3) is 23.0 Å². The van der Waals surface area contributed by atoms with Gasteiger partial charge in [-0.05, 0) is 50.1 Å². The number of piperidine rings is 1. The highest BCUT2D eigenvalue weighted by atomic mass is 16.7. The summed E-state index contributed by atoms with van der Waals surface area (Å²) in [6.07, 6.45) is 3.31. The number of rotatable bonds is 6. The molecule has 33 heavy (non-hydrogen) atoms. The summed E-state index contributed by atoms with van der Waals surface area (Å²) in [7, 11) is 0. The van der Waals surface area contributed by atoms with Gasteiger partial charge in [-0.1, -0.05) is 5.16 Å². The lowest BCUT2D eigenvalue weighted by atomic mass is 9.98. The van der Waals surface area contributed by atoms with E-state index >= 15 is 0 Å². The van der Waals surface area contributed by atoms with E-state index in [2.05, 4.69) is 10.1 Å². The number of carbonyl (C=O) groups is 2. The summed E-state index contributed by atoms with van der Waals surface area (Å²) in [6.45, 7) is 3.43. The van der Waals surface area contributed by atoms with Crippen molar-refractivity contribution in [2.75, 3.05) is 26.5 Å². The molecule has 0 spiro atoms. The Bertz CT molecular complexity index is 1170. The van der Waals surface area contributed by atoms with E-state index in [0.717, 1.165) is 18.4 Å². The van der Waals surface area contributed by atoms with Crippen molar-refractivity contribution in [2.45, 2.75) is 26.3 Å². The van der Waals surface area contributed by atoms with Crippen LogP contribution in [0, 0.1) is 5.92 Å². The molecule has 1 fully saturated rings. The molecule has 2 aliphatic rings. The first-order valence-electron chi connectivity index (χ1n) is 11.0. The molecule has 1 saturated heterocycles. The summed E-state index contributed by atoms with van der Waals surface area (Å²) in [4.78, 5) is 31.3. The predicted molar refractivity (Wildman–Crippen MR) is 115 cm³/mol. The van der Waals surface area contributed by atoms with Crippen molar-refractivity contribution in [3.05, 3.63) is 36.5 Å². The van der Waals surface area contributed by atoms with Crippen LogP contribution in [-0.2, 0) is 20.9 Å². The number of benzene rings is 1. The van der Waals surface area contributed by atoms with Crippen molar-refractivity contribution >= 4 is 11.9 Å². The molecule has 0 aliphatic carbocycles. The molecule has 1 atom stereocenters. The van der Waals surface area contributed by atoms with Crippen LogP contribution in [0.5, 0.6) is 11.5 Å². The zero-order valence-electron chi connectivity index (χ0n) is 18.2. The molecule has 0 radical (unpaired) electrons. The molecule has 1 unspecified atom stereocenters. The fourth-order valence-corrected chi connectivity index (χ4v) is 4.13. The summed E-state index contributed by atoms with van der Waals surface area (Å²) in [5.74, 6) is 1.45. The average molecular weight is 452 g/mol. The number of esters is 1. The number of carbonyl (C=O) groups excluding carboxylic acids is 2. The van der Waals surface area contributed by atoms with Gasteiger partial charge in [-0.25, -0.2) is 0 Å². The van der Waals surface area contributed by atoms with E-state index in [4.69, 9.17) is 18.7 Å². The van der Waals surface area contributed by atoms with Crippen LogP contribution in [0.4, 0.5) is 0 Å². The van der Waals surface area contributed by atoms with Crippen molar-refractivity contribution in [3.8, 4) is 34.5 Å². The molecule has 3 aromatic rings. The summed E-state index contributed by atoms with van der Waals surface area (Å²) in [6, 6.07) is 9.08. The van der Waals surface area contributed by atoms with Gasteiger partial charge in [0.15, 0.2) is 11.5 Å². The Kier molecular flexibility index (Phi) is 5.72. The van der Waals surface area contributed by atoms with Gasteiger partial charge in [0.25, 0.3) is 5.89 Å². The minimum atomic E-state index is -0.271. The summed E-state index contributed by atoms with van der Waals surface area (Å²) >= 11 is 0. The van der Waals surface area contributed by atoms with Gasteiger partial charge in [-0.15, -0.1) is 0 Å². The lowest BCUT2D eigenvalue weighted by Crippen LogP contribution is -2.44. The van der Waals surface area contributed by atoms with Gasteiger partial charge in [0, 0.05) is 24.8 Å². The largest absolute Gasteiger partial charge is 0.466 e. The number of aromatic nitrogens is 3. The maximum absolute atomic E-state index is 13.0. The van der Waals surface area contributed by atoms with Gasteiger partial charge in [0.05, 0.1) is 12.5 Å². The monoisotopic (exact) mass is 452 g/mol. The highest BCUT2D eigenvalue weighted by molar-refractivity contribution is 5.79. The zero-order valence-corrected chi connectivity index (χ0v) is 18.2. The van der Waals surface area contributed by atoms with Crippen LogP contribution < -0.4 is 9.47 Å². The third kappa shape index (κ3) is 4.28. The molecule has 2 aromatic heterocycles. The van der Waals surface area contributed by atoms with Gasteiger partial charge < -0.3 is 28.2 Å². The number of hydrogen-bond acceptors (Lipinski definition) is 8. The van der Waals surface area contributed by atoms with Crippen LogP contribution >= 0.6 is 0 Å². The molecule has 5 rings (SSSR count). The number of ether oxygens (including phenoxy) is 3. The Labute approximate surface area is 190 Å². The van der Waals surface area contributed by atoms with Gasteiger partial charge in [0.1, 0.15) is 12.2 Å². The van der Waals surface area contributed by atoms with Crippen LogP contribution in [-0.4, -0.2) is 58.0 Å². The Morgan fingerprint density at radius 3 is 2.97 bits per heavy atom. The van der Waals surface area contributed by atoms with E-state index in [9.17, 15) is 9.59 Å². The highest BCUT2D eigenvalue weighted by Gasteiger charge is 2.29. The number of nitrogens with zero attached hydrogens (tertiary/aromatic N) is 4. The third-order valence-corrected chi connectivity index (χ3v) is 5.81. The SMILES string of the molecule is CCOC(=O)C1CCCN(C(=O)Cn2cccc2-c2nc(-c3ccc4c(c3)OCO4)no2)C1. The normalized spacial score (nSPS) is 17.2. The third-order valence-electron chi connectivity index (χ3n) is 5.81. The second kappa shape index (κ2) is 8.97. The number of hydrogen-bond donors (Lipinski definition) is 0. The Morgan fingerprint density at radius 1 is 1.21 bits per heavy atom. The average Bonchev–Trinajstić information content (AvgIpc) is 3.59. The van der Waals surface area contributed by atoms with Crippen molar-refractivity contribution in [3.63, 3.8) is 0 Å². The molecule has 2 aliphatic heterocycles. The number of amides is 1. The van der Waals surface area contributed by atoms with Gasteiger partial charge >= 0.3 is 5.97 Å². The molecule has 0 saturated carbocycles. The van der Waals surface area contributed by atoms with Gasteiger partial charge in [0.2, 0.25) is 18.5 Å². The maximum Gasteiger partial charge on any atom is 0.310 e. The predicted octanol–water partition coefficient (Wildman–Crippen LogP) is 2.74. The van der Waals surface area contributed by atoms with Gasteiger partial charge in [-0.2, -0.15) is 4.98 Å². The van der Waals surface area contributed by atoms with Crippen LogP contribution in [0.1, 0.15) is 19.8 Å². The van der Waals surface area contributed by atoms with Crippen molar-refractivity contribution in [1.29, 1.82) is 0 Å². The summed E-state index contributed by atoms with van der Waals surface area (Å²) in [5.41, 5.74) is 1.38. The Hall–Kier alpha value is -3.82. The van der Waals surface area contributed by atoms with E-state index in [-0.39, 0.29) is 31.1 Å². The van der Waals surface area contributed by atoms with E-state index in [1.165, 1.54) is 0 Å². The van der Waals surface area contributed by atoms with Crippen molar-refractivity contribution in [2.24, 2.45) is 5.92 Å². The molecular formula is C23H24N4O6. The molecule has 1 amide bonds. The first-order valence-corrected chi connectivity index (χ1v) is 11.0. The fourth-order valence-electron chi connectivity index (χ4n) is 4.13. The second-order valence-electron chi connectivity index (χ2n) is 7.94. The molecule has 10 heteroatoms. The Balaban J connectivity index is 1.29. The first kappa shape index (κ1) is 21.0. The van der Waals surface area contributed by atoms with E-state index in [0.29, 0.717) is 48.6 Å². The fraction of sp³-hybridized carbons (Fsp3) is 0.391. The molecule has 10 nitrogen and oxygen atoms in total. The van der Waals surface area contributed by atoms with Crippen LogP contribution in [0.3, 0.4) is 0 Å². The van der Waals surface area contributed by atoms with Crippen molar-refractivity contribution < 1.29 is 28.3 Å².